The number of benzene rings is 1. The number of carbonyl (C=O) groups excluding carboxylic acids is 2. The van der Waals surface area contributed by atoms with Crippen LogP contribution in [0.1, 0.15) is 31.2 Å². The summed E-state index contributed by atoms with van der Waals surface area (Å²) < 4.78 is 6.21. The van der Waals surface area contributed by atoms with Crippen LogP contribution in [0, 0.1) is 11.8 Å². The van der Waals surface area contributed by atoms with Gasteiger partial charge in [0.15, 0.2) is 0 Å². The molecule has 3 aliphatic heterocycles. The Morgan fingerprint density at radius 1 is 1.20 bits per heavy atom. The number of aromatic nitrogens is 2. The van der Waals surface area contributed by atoms with Crippen LogP contribution in [0.2, 0.25) is 0 Å². The molecule has 8 nitrogen and oxygen atoms in total. The number of rotatable bonds is 4. The lowest BCUT2D eigenvalue weighted by molar-refractivity contribution is -0.138. The van der Waals surface area contributed by atoms with Crippen LogP contribution in [0.4, 0.5) is 0 Å². The number of amides is 2. The first-order valence-corrected chi connectivity index (χ1v) is 10.7. The SMILES string of the molecule is O=C(NCc1ccc2[nH]c(=O)[nH]c2c1)[C@@H]1[C@H]2C(=O)N(C3CCCC3)C[C@@]23C=C[C@H]1O3. The summed E-state index contributed by atoms with van der Waals surface area (Å²) in [5.74, 6) is -1.01. The number of nitrogens with one attached hydrogen (secondary N) is 3. The van der Waals surface area contributed by atoms with Gasteiger partial charge in [0, 0.05) is 12.6 Å². The predicted octanol–water partition coefficient (Wildman–Crippen LogP) is 1.20. The highest BCUT2D eigenvalue weighted by Crippen LogP contribution is 2.53. The molecule has 30 heavy (non-hydrogen) atoms. The molecule has 1 aliphatic carbocycles. The second-order valence-electron chi connectivity index (χ2n) is 8.98. The van der Waals surface area contributed by atoms with E-state index < -0.39 is 17.4 Å². The summed E-state index contributed by atoms with van der Waals surface area (Å²) in [5.41, 5.74) is 1.41. The molecule has 156 valence electrons. The highest BCUT2D eigenvalue weighted by molar-refractivity contribution is 5.93. The maximum absolute atomic E-state index is 13.3. The standard InChI is InChI=1S/C22H24N4O4/c27-19(23-10-12-5-6-14-15(9-12)25-21(29)24-14)17-16-7-8-22(30-16)11-26(20(28)18(17)22)13-3-1-2-4-13/h5-9,13,16-18H,1-4,10-11H2,(H,23,27)(H2,24,25,29)/t16-,17+,18+,22+/m1/s1. The number of carbonyl (C=O) groups is 2. The smallest absolute Gasteiger partial charge is 0.323 e. The Morgan fingerprint density at radius 2 is 2.00 bits per heavy atom. The molecule has 4 heterocycles. The number of aromatic amines is 2. The van der Waals surface area contributed by atoms with Gasteiger partial charge < -0.3 is 24.9 Å². The highest BCUT2D eigenvalue weighted by atomic mass is 16.5. The van der Waals surface area contributed by atoms with Gasteiger partial charge in [-0.25, -0.2) is 4.79 Å². The number of H-pyrrole nitrogens is 2. The van der Waals surface area contributed by atoms with Crippen LogP contribution in [0.15, 0.2) is 35.1 Å². The molecule has 3 N–H and O–H groups in total. The van der Waals surface area contributed by atoms with Crippen molar-refractivity contribution in [1.82, 2.24) is 20.2 Å². The summed E-state index contributed by atoms with van der Waals surface area (Å²) in [4.78, 5) is 45.3. The third-order valence-corrected chi connectivity index (χ3v) is 7.24. The Balaban J connectivity index is 1.20. The Morgan fingerprint density at radius 3 is 2.83 bits per heavy atom. The molecule has 1 aromatic heterocycles. The monoisotopic (exact) mass is 408 g/mol. The molecular formula is C22H24N4O4. The Labute approximate surface area is 172 Å². The van der Waals surface area contributed by atoms with Gasteiger partial charge >= 0.3 is 5.69 Å². The van der Waals surface area contributed by atoms with Gasteiger partial charge in [-0.2, -0.15) is 0 Å². The number of nitrogens with zero attached hydrogens (tertiary/aromatic N) is 1. The first-order chi connectivity index (χ1) is 14.5. The van der Waals surface area contributed by atoms with Gasteiger partial charge in [0.05, 0.1) is 35.5 Å². The molecule has 1 spiro atoms. The van der Waals surface area contributed by atoms with Crippen molar-refractivity contribution in [2.45, 2.75) is 50.0 Å². The van der Waals surface area contributed by atoms with Crippen molar-refractivity contribution in [3.05, 3.63) is 46.4 Å². The maximum atomic E-state index is 13.3. The molecule has 8 heteroatoms. The average Bonchev–Trinajstić information content (AvgIpc) is 3.52. The molecule has 3 fully saturated rings. The number of likely N-dealkylation sites (tertiary alicyclic amines) is 1. The molecule has 4 aliphatic rings. The van der Waals surface area contributed by atoms with Crippen LogP contribution in [-0.2, 0) is 20.9 Å². The number of hydrogen-bond acceptors (Lipinski definition) is 4. The fraction of sp³-hybridized carbons (Fsp3) is 0.500. The second-order valence-corrected chi connectivity index (χ2v) is 8.98. The average molecular weight is 408 g/mol. The molecule has 0 radical (unpaired) electrons. The normalized spacial score (nSPS) is 32.5. The van der Waals surface area contributed by atoms with Crippen LogP contribution in [0.3, 0.4) is 0 Å². The minimum Gasteiger partial charge on any atom is -0.360 e. The van der Waals surface area contributed by atoms with Crippen LogP contribution < -0.4 is 11.0 Å². The van der Waals surface area contributed by atoms with Crippen LogP contribution in [0.25, 0.3) is 11.0 Å². The number of hydrogen-bond donors (Lipinski definition) is 3. The number of ether oxygens (including phenoxy) is 1. The van der Waals surface area contributed by atoms with E-state index in [1.165, 1.54) is 0 Å². The van der Waals surface area contributed by atoms with Crippen molar-refractivity contribution in [1.29, 1.82) is 0 Å². The van der Waals surface area contributed by atoms with Crippen LogP contribution in [0.5, 0.6) is 0 Å². The van der Waals surface area contributed by atoms with E-state index in [9.17, 15) is 14.4 Å². The summed E-state index contributed by atoms with van der Waals surface area (Å²) in [5, 5.41) is 2.99. The van der Waals surface area contributed by atoms with Gasteiger partial charge in [0.2, 0.25) is 11.8 Å². The van der Waals surface area contributed by atoms with E-state index in [-0.39, 0.29) is 29.6 Å². The summed E-state index contributed by atoms with van der Waals surface area (Å²) in [6.07, 6.45) is 8.02. The Hall–Kier alpha value is -2.87. The lowest BCUT2D eigenvalue weighted by atomic mass is 9.77. The topological polar surface area (TPSA) is 107 Å². The largest absolute Gasteiger partial charge is 0.360 e. The predicted molar refractivity (Wildman–Crippen MR) is 108 cm³/mol. The summed E-state index contributed by atoms with van der Waals surface area (Å²) in [6, 6.07) is 5.81. The number of fused-ring (bicyclic) bond motifs is 2. The lowest BCUT2D eigenvalue weighted by Crippen LogP contribution is -2.44. The molecular weight excluding hydrogens is 384 g/mol. The quantitative estimate of drug-likeness (QED) is 0.661. The van der Waals surface area contributed by atoms with Crippen molar-refractivity contribution in [2.24, 2.45) is 11.8 Å². The van der Waals surface area contributed by atoms with Crippen molar-refractivity contribution in [3.8, 4) is 0 Å². The summed E-state index contributed by atoms with van der Waals surface area (Å²) in [7, 11) is 0. The Kier molecular flexibility index (Phi) is 3.78. The van der Waals surface area contributed by atoms with E-state index in [1.807, 2.05) is 35.3 Å². The zero-order chi connectivity index (χ0) is 20.5. The lowest BCUT2D eigenvalue weighted by Gasteiger charge is -2.27. The molecule has 2 amide bonds. The molecule has 2 bridgehead atoms. The molecule has 2 aromatic rings. The van der Waals surface area contributed by atoms with Gasteiger partial charge in [-0.15, -0.1) is 0 Å². The van der Waals surface area contributed by atoms with E-state index in [0.717, 1.165) is 36.8 Å². The molecule has 2 saturated heterocycles. The third-order valence-electron chi connectivity index (χ3n) is 7.24. The van der Waals surface area contributed by atoms with Crippen LogP contribution >= 0.6 is 0 Å². The molecule has 1 saturated carbocycles. The minimum atomic E-state index is -0.643. The molecule has 6 rings (SSSR count). The van der Waals surface area contributed by atoms with Gasteiger partial charge in [0.1, 0.15) is 5.60 Å². The van der Waals surface area contributed by atoms with Crippen LogP contribution in [-0.4, -0.2) is 51.0 Å². The third kappa shape index (κ3) is 2.52. The fourth-order valence-corrected chi connectivity index (χ4v) is 5.85. The van der Waals surface area contributed by atoms with Gasteiger partial charge in [-0.05, 0) is 30.5 Å². The minimum absolute atomic E-state index is 0.0696. The van der Waals surface area contributed by atoms with Crippen molar-refractivity contribution in [2.75, 3.05) is 6.54 Å². The van der Waals surface area contributed by atoms with Gasteiger partial charge in [0.25, 0.3) is 0 Å². The van der Waals surface area contributed by atoms with Crippen molar-refractivity contribution in [3.63, 3.8) is 0 Å². The fourth-order valence-electron chi connectivity index (χ4n) is 5.85. The van der Waals surface area contributed by atoms with E-state index in [2.05, 4.69) is 15.3 Å². The highest BCUT2D eigenvalue weighted by Gasteiger charge is 2.67. The maximum Gasteiger partial charge on any atom is 0.323 e. The summed E-state index contributed by atoms with van der Waals surface area (Å²) in [6.45, 7) is 0.893. The second kappa shape index (κ2) is 6.31. The zero-order valence-corrected chi connectivity index (χ0v) is 16.5. The van der Waals surface area contributed by atoms with Gasteiger partial charge in [-0.3, -0.25) is 9.59 Å². The van der Waals surface area contributed by atoms with Gasteiger partial charge in [-0.1, -0.05) is 31.1 Å². The van der Waals surface area contributed by atoms with E-state index >= 15 is 0 Å². The summed E-state index contributed by atoms with van der Waals surface area (Å²) >= 11 is 0. The number of imidazole rings is 1. The van der Waals surface area contributed by atoms with Crippen molar-refractivity contribution >= 4 is 22.8 Å². The zero-order valence-electron chi connectivity index (χ0n) is 16.5. The first-order valence-electron chi connectivity index (χ1n) is 10.7. The molecule has 0 unspecified atom stereocenters. The molecule has 1 aromatic carbocycles. The first kappa shape index (κ1) is 17.9. The van der Waals surface area contributed by atoms with E-state index in [1.54, 1.807) is 0 Å². The Bertz CT molecular complexity index is 1130. The van der Waals surface area contributed by atoms with Crippen molar-refractivity contribution < 1.29 is 14.3 Å². The van der Waals surface area contributed by atoms with E-state index in [0.29, 0.717) is 18.6 Å². The molecule has 4 atom stereocenters. The van der Waals surface area contributed by atoms with E-state index in [4.69, 9.17) is 4.74 Å².